The molecule has 1 aliphatic rings. The molecule has 0 radical (unpaired) electrons. The number of hydrogen-bond donors (Lipinski definition) is 0. The highest BCUT2D eigenvalue weighted by Crippen LogP contribution is 2.07. The molecule has 1 heteroatoms. The van der Waals surface area contributed by atoms with E-state index in [1.807, 2.05) is 30.5 Å². The molecular weight excluding hydrogens is 122 g/mol. The van der Waals surface area contributed by atoms with E-state index in [0.29, 0.717) is 0 Å². The van der Waals surface area contributed by atoms with E-state index in [1.54, 1.807) is 0 Å². The fraction of sp³-hybridized carbons (Fsp3) is 0.222. The van der Waals surface area contributed by atoms with Crippen molar-refractivity contribution < 1.29 is 0 Å². The number of aliphatic imine (C=N–C) groups is 1. The van der Waals surface area contributed by atoms with Crippen LogP contribution in [0.25, 0.3) is 0 Å². The molecule has 0 aliphatic carbocycles. The van der Waals surface area contributed by atoms with Crippen LogP contribution in [0.2, 0.25) is 0 Å². The summed E-state index contributed by atoms with van der Waals surface area (Å²) in [6.45, 7) is 4.12. The SMILES string of the molecule is CC(C)=C1C=CC=CC=N1. The molecule has 1 heterocycles. The van der Waals surface area contributed by atoms with Crippen LogP contribution in [0, 0.1) is 0 Å². The molecule has 0 unspecified atom stereocenters. The highest BCUT2D eigenvalue weighted by atomic mass is 14.7. The van der Waals surface area contributed by atoms with Gasteiger partial charge in [0.15, 0.2) is 0 Å². The third kappa shape index (κ3) is 1.69. The predicted octanol–water partition coefficient (Wildman–Crippen LogP) is 2.48. The molecule has 0 atom stereocenters. The topological polar surface area (TPSA) is 12.4 Å². The van der Waals surface area contributed by atoms with Crippen LogP contribution in [-0.2, 0) is 0 Å². The summed E-state index contributed by atoms with van der Waals surface area (Å²) in [6, 6.07) is 0. The number of nitrogens with zero attached hydrogens (tertiary/aromatic N) is 1. The van der Waals surface area contributed by atoms with Crippen LogP contribution in [0.1, 0.15) is 13.8 Å². The fourth-order valence-corrected chi connectivity index (χ4v) is 0.723. The van der Waals surface area contributed by atoms with Crippen LogP contribution < -0.4 is 0 Å². The Morgan fingerprint density at radius 1 is 1.20 bits per heavy atom. The third-order valence-corrected chi connectivity index (χ3v) is 1.29. The maximum absolute atomic E-state index is 4.20. The lowest BCUT2D eigenvalue weighted by molar-refractivity contribution is 1.26. The molecule has 0 N–H and O–H groups in total. The van der Waals surface area contributed by atoms with E-state index in [9.17, 15) is 0 Å². The molecule has 0 amide bonds. The average molecular weight is 133 g/mol. The summed E-state index contributed by atoms with van der Waals surface area (Å²) >= 11 is 0. The smallest absolute Gasteiger partial charge is 0.0616 e. The van der Waals surface area contributed by atoms with Gasteiger partial charge in [-0.05, 0) is 26.0 Å². The van der Waals surface area contributed by atoms with E-state index >= 15 is 0 Å². The number of allylic oxidation sites excluding steroid dienone is 5. The van der Waals surface area contributed by atoms with E-state index in [2.05, 4.69) is 18.8 Å². The summed E-state index contributed by atoms with van der Waals surface area (Å²) in [6.07, 6.45) is 9.71. The minimum Gasteiger partial charge on any atom is -0.257 e. The van der Waals surface area contributed by atoms with Crippen molar-refractivity contribution >= 4 is 6.21 Å². The first-order valence-electron chi connectivity index (χ1n) is 3.35. The summed E-state index contributed by atoms with van der Waals surface area (Å²) in [5.41, 5.74) is 2.31. The van der Waals surface area contributed by atoms with Gasteiger partial charge in [-0.1, -0.05) is 17.7 Å². The Balaban J connectivity index is 2.93. The molecule has 1 rings (SSSR count). The second kappa shape index (κ2) is 3.16. The van der Waals surface area contributed by atoms with E-state index in [4.69, 9.17) is 0 Å². The minimum atomic E-state index is 1.06. The lowest BCUT2D eigenvalue weighted by atomic mass is 10.2. The highest BCUT2D eigenvalue weighted by molar-refractivity contribution is 5.74. The van der Waals surface area contributed by atoms with Gasteiger partial charge in [-0.2, -0.15) is 0 Å². The van der Waals surface area contributed by atoms with E-state index in [1.165, 1.54) is 5.57 Å². The van der Waals surface area contributed by atoms with Crippen molar-refractivity contribution in [1.82, 2.24) is 0 Å². The van der Waals surface area contributed by atoms with Gasteiger partial charge in [-0.3, -0.25) is 4.99 Å². The van der Waals surface area contributed by atoms with Gasteiger partial charge < -0.3 is 0 Å². The van der Waals surface area contributed by atoms with Crippen molar-refractivity contribution in [2.75, 3.05) is 0 Å². The normalized spacial score (nSPS) is 15.6. The summed E-state index contributed by atoms with van der Waals surface area (Å²) in [5, 5.41) is 0. The zero-order chi connectivity index (χ0) is 7.40. The molecule has 10 heavy (non-hydrogen) atoms. The standard InChI is InChI=1S/C9H11N/c1-8(2)9-6-4-3-5-7-10-9/h3-7H,1-2H3. The van der Waals surface area contributed by atoms with E-state index in [0.717, 1.165) is 5.70 Å². The van der Waals surface area contributed by atoms with Crippen LogP contribution in [0.5, 0.6) is 0 Å². The van der Waals surface area contributed by atoms with E-state index < -0.39 is 0 Å². The average Bonchev–Trinajstić information content (AvgIpc) is 2.12. The lowest BCUT2D eigenvalue weighted by Gasteiger charge is -1.93. The van der Waals surface area contributed by atoms with Gasteiger partial charge in [0.1, 0.15) is 0 Å². The van der Waals surface area contributed by atoms with Crippen LogP contribution >= 0.6 is 0 Å². The highest BCUT2D eigenvalue weighted by Gasteiger charge is 1.89. The van der Waals surface area contributed by atoms with Gasteiger partial charge in [-0.15, -0.1) is 0 Å². The largest absolute Gasteiger partial charge is 0.257 e. The van der Waals surface area contributed by atoms with Crippen LogP contribution in [-0.4, -0.2) is 6.21 Å². The molecular formula is C9H11N. The quantitative estimate of drug-likeness (QED) is 0.481. The second-order valence-corrected chi connectivity index (χ2v) is 2.41. The Morgan fingerprint density at radius 2 is 2.00 bits per heavy atom. The Bertz CT molecular complexity index is 207. The molecule has 1 aliphatic heterocycles. The Kier molecular flexibility index (Phi) is 2.21. The molecule has 0 aromatic heterocycles. The zero-order valence-electron chi connectivity index (χ0n) is 6.33. The molecule has 52 valence electrons. The van der Waals surface area contributed by atoms with Crippen LogP contribution in [0.15, 0.2) is 40.6 Å². The molecule has 1 nitrogen and oxygen atoms in total. The molecule has 0 fully saturated rings. The Hall–Kier alpha value is -1.11. The molecule has 0 aromatic rings. The van der Waals surface area contributed by atoms with Crippen molar-refractivity contribution in [3.05, 3.63) is 35.6 Å². The molecule has 0 saturated heterocycles. The third-order valence-electron chi connectivity index (χ3n) is 1.29. The monoisotopic (exact) mass is 133 g/mol. The van der Waals surface area contributed by atoms with Gasteiger partial charge in [-0.25, -0.2) is 0 Å². The predicted molar refractivity (Wildman–Crippen MR) is 45.1 cm³/mol. The first-order chi connectivity index (χ1) is 4.80. The summed E-state index contributed by atoms with van der Waals surface area (Å²) in [4.78, 5) is 4.20. The van der Waals surface area contributed by atoms with Gasteiger partial charge >= 0.3 is 0 Å². The summed E-state index contributed by atoms with van der Waals surface area (Å²) in [5.74, 6) is 0. The first kappa shape index (κ1) is 7.00. The van der Waals surface area contributed by atoms with Gasteiger partial charge in [0.25, 0.3) is 0 Å². The Morgan fingerprint density at radius 3 is 2.70 bits per heavy atom. The maximum atomic E-state index is 4.20. The zero-order valence-corrected chi connectivity index (χ0v) is 6.33. The van der Waals surface area contributed by atoms with Gasteiger partial charge in [0.2, 0.25) is 0 Å². The number of rotatable bonds is 0. The fourth-order valence-electron chi connectivity index (χ4n) is 0.723. The first-order valence-corrected chi connectivity index (χ1v) is 3.35. The van der Waals surface area contributed by atoms with E-state index in [-0.39, 0.29) is 0 Å². The van der Waals surface area contributed by atoms with Crippen molar-refractivity contribution in [2.45, 2.75) is 13.8 Å². The molecule has 0 aromatic carbocycles. The van der Waals surface area contributed by atoms with Crippen molar-refractivity contribution in [3.8, 4) is 0 Å². The van der Waals surface area contributed by atoms with Crippen LogP contribution in [0.4, 0.5) is 0 Å². The number of hydrogen-bond acceptors (Lipinski definition) is 1. The second-order valence-electron chi connectivity index (χ2n) is 2.41. The molecule has 0 spiro atoms. The Labute approximate surface area is 61.5 Å². The minimum absolute atomic E-state index is 1.06. The van der Waals surface area contributed by atoms with Crippen molar-refractivity contribution in [1.29, 1.82) is 0 Å². The van der Waals surface area contributed by atoms with Gasteiger partial charge in [0.05, 0.1) is 5.70 Å². The maximum Gasteiger partial charge on any atom is 0.0616 e. The van der Waals surface area contributed by atoms with Crippen molar-refractivity contribution in [3.63, 3.8) is 0 Å². The molecule has 0 saturated carbocycles. The van der Waals surface area contributed by atoms with Gasteiger partial charge in [0, 0.05) is 6.21 Å². The lowest BCUT2D eigenvalue weighted by Crippen LogP contribution is -1.75. The van der Waals surface area contributed by atoms with Crippen molar-refractivity contribution in [2.24, 2.45) is 4.99 Å². The summed E-state index contributed by atoms with van der Waals surface area (Å²) in [7, 11) is 0. The molecule has 0 bridgehead atoms. The van der Waals surface area contributed by atoms with Crippen LogP contribution in [0.3, 0.4) is 0 Å². The summed E-state index contributed by atoms with van der Waals surface area (Å²) < 4.78 is 0.